The van der Waals surface area contributed by atoms with Gasteiger partial charge in [0.05, 0.1) is 17.5 Å². The Hall–Kier alpha value is -3.39. The molecule has 1 heterocycles. The van der Waals surface area contributed by atoms with Gasteiger partial charge in [-0.2, -0.15) is 0 Å². The Labute approximate surface area is 204 Å². The Morgan fingerprint density at radius 3 is 2.44 bits per heavy atom. The number of nitrogens with two attached hydrogens (primary N) is 1. The molecule has 1 amide bonds. The Kier molecular flexibility index (Phi) is 7.94. The third-order valence-electron chi connectivity index (χ3n) is 6.37. The zero-order valence-electron chi connectivity index (χ0n) is 19.2. The van der Waals surface area contributed by atoms with E-state index in [1.54, 1.807) is 4.90 Å². The number of carboxylic acids is 1. The van der Waals surface area contributed by atoms with Gasteiger partial charge in [-0.15, -0.1) is 12.4 Å². The number of amidine groups is 1. The highest BCUT2D eigenvalue weighted by molar-refractivity contribution is 5.97. The first-order chi connectivity index (χ1) is 15.8. The third kappa shape index (κ3) is 5.39. The predicted octanol–water partition coefficient (Wildman–Crippen LogP) is 4.01. The average molecular weight is 484 g/mol. The Balaban J connectivity index is 0.00000324. The van der Waals surface area contributed by atoms with Crippen molar-refractivity contribution in [2.45, 2.75) is 51.0 Å². The average Bonchev–Trinajstić information content (AvgIpc) is 3.41. The molecule has 4 rings (SSSR count). The number of rotatable bonds is 8. The van der Waals surface area contributed by atoms with E-state index in [1.165, 1.54) is 0 Å². The van der Waals surface area contributed by atoms with E-state index in [2.05, 4.69) is 0 Å². The number of carbonyl (C=O) groups excluding carboxylic acids is 1. The maximum atomic E-state index is 13.0. The lowest BCUT2D eigenvalue weighted by Gasteiger charge is -2.29. The molecule has 180 valence electrons. The maximum absolute atomic E-state index is 13.0. The third-order valence-corrected chi connectivity index (χ3v) is 6.37. The molecule has 0 atom stereocenters. The van der Waals surface area contributed by atoms with E-state index in [9.17, 15) is 9.59 Å². The minimum Gasteiger partial charge on any atom is -0.481 e. The number of halogens is 1. The van der Waals surface area contributed by atoms with E-state index in [4.69, 9.17) is 21.2 Å². The molecule has 0 spiro atoms. The second-order valence-electron chi connectivity index (χ2n) is 8.64. The van der Waals surface area contributed by atoms with Crippen LogP contribution < -0.4 is 10.6 Å². The molecule has 0 aliphatic heterocycles. The fraction of sp³-hybridized carbons (Fsp3) is 0.360. The van der Waals surface area contributed by atoms with Crippen molar-refractivity contribution >= 4 is 46.8 Å². The minimum absolute atomic E-state index is 0. The smallest absolute Gasteiger partial charge is 0.303 e. The number of fused-ring (bicyclic) bond motifs is 1. The number of hydrogen-bond donors (Lipinski definition) is 3. The lowest BCUT2D eigenvalue weighted by Crippen LogP contribution is -2.39. The second kappa shape index (κ2) is 10.7. The predicted molar refractivity (Wildman–Crippen MR) is 135 cm³/mol. The number of benzene rings is 2. The molecule has 1 fully saturated rings. The number of hydrogen-bond acceptors (Lipinski definition) is 4. The molecule has 0 radical (unpaired) electrons. The number of aromatic nitrogens is 2. The van der Waals surface area contributed by atoms with Gasteiger partial charge in [-0.3, -0.25) is 15.0 Å². The summed E-state index contributed by atoms with van der Waals surface area (Å²) < 4.78 is 2.05. The number of imidazole rings is 1. The number of amides is 1. The molecule has 34 heavy (non-hydrogen) atoms. The molecule has 1 aromatic heterocycles. The van der Waals surface area contributed by atoms with Gasteiger partial charge in [0, 0.05) is 37.2 Å². The van der Waals surface area contributed by atoms with Gasteiger partial charge in [-0.25, -0.2) is 4.98 Å². The van der Waals surface area contributed by atoms with Crippen molar-refractivity contribution in [1.29, 1.82) is 5.41 Å². The van der Waals surface area contributed by atoms with E-state index in [0.29, 0.717) is 12.0 Å². The van der Waals surface area contributed by atoms with Crippen LogP contribution in [-0.4, -0.2) is 38.4 Å². The molecule has 3 aromatic rings. The molecule has 8 nitrogen and oxygen atoms in total. The van der Waals surface area contributed by atoms with Gasteiger partial charge < -0.3 is 20.3 Å². The van der Waals surface area contributed by atoms with Crippen molar-refractivity contribution in [2.75, 3.05) is 4.90 Å². The summed E-state index contributed by atoms with van der Waals surface area (Å²) in [6.07, 6.45) is 4.47. The van der Waals surface area contributed by atoms with E-state index >= 15 is 0 Å². The van der Waals surface area contributed by atoms with Gasteiger partial charge in [0.15, 0.2) is 0 Å². The van der Waals surface area contributed by atoms with Crippen LogP contribution in [0, 0.1) is 5.41 Å². The van der Waals surface area contributed by atoms with Gasteiger partial charge in [0.2, 0.25) is 5.91 Å². The van der Waals surface area contributed by atoms with Crippen LogP contribution in [0.5, 0.6) is 0 Å². The summed E-state index contributed by atoms with van der Waals surface area (Å²) in [5.74, 6) is -0.176. The van der Waals surface area contributed by atoms with Crippen molar-refractivity contribution in [3.63, 3.8) is 0 Å². The number of nitrogens with one attached hydrogen (secondary N) is 1. The van der Waals surface area contributed by atoms with Crippen LogP contribution in [0.15, 0.2) is 42.5 Å². The van der Waals surface area contributed by atoms with E-state index in [1.807, 2.05) is 54.1 Å². The minimum atomic E-state index is -0.962. The van der Waals surface area contributed by atoms with Crippen LogP contribution >= 0.6 is 12.4 Å². The van der Waals surface area contributed by atoms with Crippen molar-refractivity contribution in [2.24, 2.45) is 12.8 Å². The molecule has 9 heteroatoms. The number of aryl methyl sites for hydroxylation is 1. The molecular weight excluding hydrogens is 454 g/mol. The Bertz CT molecular complexity index is 1200. The Morgan fingerprint density at radius 2 is 1.82 bits per heavy atom. The summed E-state index contributed by atoms with van der Waals surface area (Å²) in [5, 5.41) is 16.6. The molecule has 1 aliphatic rings. The fourth-order valence-corrected chi connectivity index (χ4v) is 4.59. The first-order valence-electron chi connectivity index (χ1n) is 11.3. The van der Waals surface area contributed by atoms with Gasteiger partial charge in [0.1, 0.15) is 11.7 Å². The Morgan fingerprint density at radius 1 is 1.15 bits per heavy atom. The zero-order valence-corrected chi connectivity index (χ0v) is 20.0. The summed E-state index contributed by atoms with van der Waals surface area (Å²) in [7, 11) is 1.97. The number of carbonyl (C=O) groups is 2. The van der Waals surface area contributed by atoms with Crippen molar-refractivity contribution in [1.82, 2.24) is 9.55 Å². The highest BCUT2D eigenvalue weighted by atomic mass is 35.5. The lowest BCUT2D eigenvalue weighted by atomic mass is 10.1. The summed E-state index contributed by atoms with van der Waals surface area (Å²) in [6, 6.07) is 13.5. The molecule has 2 aromatic carbocycles. The normalized spacial score (nSPS) is 13.6. The van der Waals surface area contributed by atoms with Crippen molar-refractivity contribution < 1.29 is 14.7 Å². The summed E-state index contributed by atoms with van der Waals surface area (Å²) >= 11 is 0. The van der Waals surface area contributed by atoms with Crippen LogP contribution in [0.1, 0.15) is 55.5 Å². The zero-order chi connectivity index (χ0) is 23.5. The highest BCUT2D eigenvalue weighted by Gasteiger charge is 2.28. The first-order valence-corrected chi connectivity index (χ1v) is 11.3. The standard InChI is InChI=1S/C25H29N5O3.ClH/c1-29-21-11-10-19(30(18-4-2-3-5-18)23(31)12-13-24(32)33)15-20(21)28-22(29)14-16-6-8-17(9-7-16)25(26)27;/h6-11,15,18H,2-5,12-14H2,1H3,(H3,26,27)(H,32,33);1H. The number of nitrogens with zero attached hydrogens (tertiary/aromatic N) is 3. The molecule has 0 bridgehead atoms. The summed E-state index contributed by atoms with van der Waals surface area (Å²) in [6.45, 7) is 0. The summed E-state index contributed by atoms with van der Waals surface area (Å²) in [4.78, 5) is 30.6. The number of nitrogen functional groups attached to an aromatic ring is 1. The van der Waals surface area contributed by atoms with Gasteiger partial charge in [-0.05, 0) is 36.6 Å². The fourth-order valence-electron chi connectivity index (χ4n) is 4.59. The van der Waals surface area contributed by atoms with Crippen molar-refractivity contribution in [3.05, 3.63) is 59.4 Å². The van der Waals surface area contributed by atoms with Crippen LogP contribution in [0.25, 0.3) is 11.0 Å². The van der Waals surface area contributed by atoms with Gasteiger partial charge in [0.25, 0.3) is 0 Å². The quantitative estimate of drug-likeness (QED) is 0.329. The molecular formula is C25H30ClN5O3. The van der Waals surface area contributed by atoms with Crippen molar-refractivity contribution in [3.8, 4) is 0 Å². The van der Waals surface area contributed by atoms with Crippen LogP contribution in [0.3, 0.4) is 0 Å². The number of anilines is 1. The second-order valence-corrected chi connectivity index (χ2v) is 8.64. The lowest BCUT2D eigenvalue weighted by molar-refractivity contribution is -0.138. The SMILES string of the molecule is Cl.Cn1c(Cc2ccc(C(=N)N)cc2)nc2cc(N(C(=O)CCC(=O)O)C3CCCC3)ccc21. The van der Waals surface area contributed by atoms with E-state index in [-0.39, 0.29) is 43.0 Å². The van der Waals surface area contributed by atoms with E-state index in [0.717, 1.165) is 53.8 Å². The van der Waals surface area contributed by atoms with Gasteiger partial charge >= 0.3 is 5.97 Å². The molecule has 0 saturated heterocycles. The molecule has 4 N–H and O–H groups in total. The molecule has 1 saturated carbocycles. The number of carboxylic acid groups (broad SMARTS) is 1. The highest BCUT2D eigenvalue weighted by Crippen LogP contribution is 2.31. The van der Waals surface area contributed by atoms with Crippen LogP contribution in [0.4, 0.5) is 5.69 Å². The number of aliphatic carboxylic acids is 1. The van der Waals surface area contributed by atoms with Crippen LogP contribution in [-0.2, 0) is 23.1 Å². The maximum Gasteiger partial charge on any atom is 0.303 e. The topological polar surface area (TPSA) is 125 Å². The molecule has 1 aliphatic carbocycles. The van der Waals surface area contributed by atoms with Crippen LogP contribution in [0.2, 0.25) is 0 Å². The molecule has 0 unspecified atom stereocenters. The van der Waals surface area contributed by atoms with E-state index < -0.39 is 5.97 Å². The monoisotopic (exact) mass is 483 g/mol. The first kappa shape index (κ1) is 25.2. The van der Waals surface area contributed by atoms with Gasteiger partial charge in [-0.1, -0.05) is 37.1 Å². The largest absolute Gasteiger partial charge is 0.481 e. The summed E-state index contributed by atoms with van der Waals surface area (Å²) in [5.41, 5.74) is 9.85.